The molecule has 0 fully saturated rings. The van der Waals surface area contributed by atoms with Crippen LogP contribution in [-0.4, -0.2) is 16.1 Å². The van der Waals surface area contributed by atoms with Crippen molar-refractivity contribution in [3.63, 3.8) is 0 Å². The maximum Gasteiger partial charge on any atom is 0.337 e. The average molecular weight is 263 g/mol. The van der Waals surface area contributed by atoms with Crippen LogP contribution in [-0.2, 0) is 6.54 Å². The summed E-state index contributed by atoms with van der Waals surface area (Å²) >= 11 is 5.86. The quantitative estimate of drug-likeness (QED) is 0.889. The van der Waals surface area contributed by atoms with E-state index in [1.54, 1.807) is 24.5 Å². The number of pyridine rings is 1. The first-order valence-corrected chi connectivity index (χ1v) is 5.70. The largest absolute Gasteiger partial charge is 0.478 e. The minimum Gasteiger partial charge on any atom is -0.478 e. The van der Waals surface area contributed by atoms with E-state index in [0.717, 1.165) is 5.56 Å². The van der Waals surface area contributed by atoms with Crippen molar-refractivity contribution in [2.75, 3.05) is 5.32 Å². The maximum atomic E-state index is 11.1. The van der Waals surface area contributed by atoms with Crippen LogP contribution in [0.3, 0.4) is 0 Å². The van der Waals surface area contributed by atoms with Gasteiger partial charge in [-0.25, -0.2) is 4.79 Å². The Morgan fingerprint density at radius 2 is 2.00 bits per heavy atom. The van der Waals surface area contributed by atoms with Crippen LogP contribution in [0.15, 0.2) is 42.7 Å². The second kappa shape index (κ2) is 5.51. The van der Waals surface area contributed by atoms with Crippen LogP contribution in [0.4, 0.5) is 5.69 Å². The van der Waals surface area contributed by atoms with Gasteiger partial charge in [-0.3, -0.25) is 4.98 Å². The molecule has 18 heavy (non-hydrogen) atoms. The molecule has 0 bridgehead atoms. The van der Waals surface area contributed by atoms with E-state index >= 15 is 0 Å². The van der Waals surface area contributed by atoms with E-state index in [2.05, 4.69) is 10.3 Å². The highest BCUT2D eigenvalue weighted by atomic mass is 35.5. The van der Waals surface area contributed by atoms with Gasteiger partial charge in [0.15, 0.2) is 0 Å². The molecule has 0 spiro atoms. The Bertz CT molecular complexity index is 558. The van der Waals surface area contributed by atoms with Crippen molar-refractivity contribution in [1.29, 1.82) is 0 Å². The van der Waals surface area contributed by atoms with Gasteiger partial charge in [-0.2, -0.15) is 0 Å². The van der Waals surface area contributed by atoms with Crippen molar-refractivity contribution in [3.8, 4) is 0 Å². The number of aromatic nitrogens is 1. The Labute approximate surface area is 109 Å². The Balaban J connectivity index is 2.18. The molecular weight excluding hydrogens is 252 g/mol. The highest BCUT2D eigenvalue weighted by Crippen LogP contribution is 2.21. The first-order valence-electron chi connectivity index (χ1n) is 5.32. The lowest BCUT2D eigenvalue weighted by Crippen LogP contribution is -2.06. The summed E-state index contributed by atoms with van der Waals surface area (Å²) < 4.78 is 0. The van der Waals surface area contributed by atoms with Crippen molar-refractivity contribution in [1.82, 2.24) is 4.98 Å². The predicted molar refractivity (Wildman–Crippen MR) is 70.0 cm³/mol. The van der Waals surface area contributed by atoms with Gasteiger partial charge in [0.25, 0.3) is 0 Å². The Morgan fingerprint density at radius 3 is 2.67 bits per heavy atom. The number of rotatable bonds is 4. The molecule has 92 valence electrons. The number of carboxylic acids is 1. The van der Waals surface area contributed by atoms with Crippen molar-refractivity contribution in [2.24, 2.45) is 0 Å². The molecule has 1 aromatic carbocycles. The number of anilines is 1. The Hall–Kier alpha value is -2.07. The van der Waals surface area contributed by atoms with Crippen LogP contribution in [0.5, 0.6) is 0 Å². The van der Waals surface area contributed by atoms with E-state index in [1.807, 2.05) is 12.1 Å². The summed E-state index contributed by atoms with van der Waals surface area (Å²) in [6.07, 6.45) is 3.38. The van der Waals surface area contributed by atoms with Crippen LogP contribution in [0, 0.1) is 0 Å². The second-order valence-electron chi connectivity index (χ2n) is 3.70. The summed E-state index contributed by atoms with van der Waals surface area (Å²) in [5.74, 6) is -0.983. The van der Waals surface area contributed by atoms with Gasteiger partial charge in [0.05, 0.1) is 11.3 Å². The predicted octanol–water partition coefficient (Wildman–Crippen LogP) is 3.05. The number of nitrogens with zero attached hydrogens (tertiary/aromatic N) is 1. The second-order valence-corrected chi connectivity index (χ2v) is 4.14. The molecule has 0 radical (unpaired) electrons. The number of carbonyl (C=O) groups is 1. The Kier molecular flexibility index (Phi) is 3.79. The number of carboxylic acid groups (broad SMARTS) is 1. The number of nitrogens with one attached hydrogen (secondary N) is 1. The molecule has 0 atom stereocenters. The number of benzene rings is 1. The molecule has 0 saturated carbocycles. The van der Waals surface area contributed by atoms with Gasteiger partial charge in [-0.15, -0.1) is 0 Å². The highest BCUT2D eigenvalue weighted by molar-refractivity contribution is 6.31. The summed E-state index contributed by atoms with van der Waals surface area (Å²) in [6.45, 7) is 0.517. The molecule has 0 saturated heterocycles. The zero-order valence-electron chi connectivity index (χ0n) is 9.43. The molecule has 1 heterocycles. The van der Waals surface area contributed by atoms with E-state index in [-0.39, 0.29) is 5.56 Å². The lowest BCUT2D eigenvalue weighted by atomic mass is 10.1. The molecule has 5 heteroatoms. The number of hydrogen-bond donors (Lipinski definition) is 2. The normalized spacial score (nSPS) is 10.1. The third-order valence-corrected chi connectivity index (χ3v) is 2.68. The van der Waals surface area contributed by atoms with Gasteiger partial charge in [0.1, 0.15) is 0 Å². The standard InChI is InChI=1S/C13H11ClN2O2/c14-10-1-2-11(13(17)18)12(7-10)16-8-9-3-5-15-6-4-9/h1-7,16H,8H2,(H,17,18). The fraction of sp³-hybridized carbons (Fsp3) is 0.0769. The molecule has 0 unspecified atom stereocenters. The molecule has 2 rings (SSSR count). The van der Waals surface area contributed by atoms with Gasteiger partial charge in [0.2, 0.25) is 0 Å². The van der Waals surface area contributed by atoms with E-state index in [9.17, 15) is 4.79 Å². The molecule has 2 N–H and O–H groups in total. The Morgan fingerprint density at radius 1 is 1.28 bits per heavy atom. The average Bonchev–Trinajstić information content (AvgIpc) is 2.37. The summed E-state index contributed by atoms with van der Waals surface area (Å²) in [5, 5.41) is 12.6. The molecule has 0 aliphatic heterocycles. The maximum absolute atomic E-state index is 11.1. The van der Waals surface area contributed by atoms with Gasteiger partial charge >= 0.3 is 5.97 Å². The van der Waals surface area contributed by atoms with Crippen LogP contribution >= 0.6 is 11.6 Å². The summed E-state index contributed by atoms with van der Waals surface area (Å²) in [6, 6.07) is 8.37. The van der Waals surface area contributed by atoms with Crippen LogP contribution < -0.4 is 5.32 Å². The first-order chi connectivity index (χ1) is 8.66. The molecule has 0 amide bonds. The summed E-state index contributed by atoms with van der Waals surface area (Å²) in [7, 11) is 0. The summed E-state index contributed by atoms with van der Waals surface area (Å²) in [4.78, 5) is 15.0. The zero-order chi connectivity index (χ0) is 13.0. The lowest BCUT2D eigenvalue weighted by molar-refractivity contribution is 0.0698. The third-order valence-electron chi connectivity index (χ3n) is 2.44. The van der Waals surface area contributed by atoms with Crippen LogP contribution in [0.2, 0.25) is 5.02 Å². The zero-order valence-corrected chi connectivity index (χ0v) is 10.2. The van der Waals surface area contributed by atoms with Crippen molar-refractivity contribution in [2.45, 2.75) is 6.54 Å². The van der Waals surface area contributed by atoms with E-state index in [1.165, 1.54) is 6.07 Å². The molecular formula is C13H11ClN2O2. The molecule has 0 aliphatic rings. The van der Waals surface area contributed by atoms with Gasteiger partial charge in [-0.1, -0.05) is 11.6 Å². The first kappa shape index (κ1) is 12.4. The van der Waals surface area contributed by atoms with Gasteiger partial charge < -0.3 is 10.4 Å². The fourth-order valence-electron chi connectivity index (χ4n) is 1.55. The van der Waals surface area contributed by atoms with Crippen LogP contribution in [0.1, 0.15) is 15.9 Å². The molecule has 0 aliphatic carbocycles. The SMILES string of the molecule is O=C(O)c1ccc(Cl)cc1NCc1ccncc1. The van der Waals surface area contributed by atoms with Gasteiger partial charge in [0, 0.05) is 24.0 Å². The molecule has 2 aromatic rings. The van der Waals surface area contributed by atoms with Crippen molar-refractivity contribution >= 4 is 23.3 Å². The van der Waals surface area contributed by atoms with E-state index in [0.29, 0.717) is 17.3 Å². The van der Waals surface area contributed by atoms with Gasteiger partial charge in [-0.05, 0) is 35.9 Å². The summed E-state index contributed by atoms with van der Waals surface area (Å²) in [5.41, 5.74) is 1.72. The van der Waals surface area contributed by atoms with E-state index in [4.69, 9.17) is 16.7 Å². The van der Waals surface area contributed by atoms with Crippen LogP contribution in [0.25, 0.3) is 0 Å². The highest BCUT2D eigenvalue weighted by Gasteiger charge is 2.09. The fourth-order valence-corrected chi connectivity index (χ4v) is 1.72. The molecule has 4 nitrogen and oxygen atoms in total. The molecule has 1 aromatic heterocycles. The van der Waals surface area contributed by atoms with E-state index < -0.39 is 5.97 Å². The lowest BCUT2D eigenvalue weighted by Gasteiger charge is -2.10. The smallest absolute Gasteiger partial charge is 0.337 e. The number of aromatic carboxylic acids is 1. The minimum absolute atomic E-state index is 0.202. The number of halogens is 1. The topological polar surface area (TPSA) is 62.2 Å². The third kappa shape index (κ3) is 2.99. The number of hydrogen-bond acceptors (Lipinski definition) is 3. The minimum atomic E-state index is -0.983. The monoisotopic (exact) mass is 262 g/mol. The van der Waals surface area contributed by atoms with Crippen molar-refractivity contribution in [3.05, 3.63) is 58.9 Å². The van der Waals surface area contributed by atoms with Crippen molar-refractivity contribution < 1.29 is 9.90 Å².